The Hall–Kier alpha value is -0.810. The molecule has 0 aromatic heterocycles. The number of carbonyl (C=O) groups excluding carboxylic acids is 1. The largest absolute Gasteiger partial charge is 0.381 e. The van der Waals surface area contributed by atoms with Gasteiger partial charge in [-0.2, -0.15) is 0 Å². The van der Waals surface area contributed by atoms with Gasteiger partial charge in [0.25, 0.3) is 0 Å². The summed E-state index contributed by atoms with van der Waals surface area (Å²) in [4.78, 5) is 12.6. The van der Waals surface area contributed by atoms with Gasteiger partial charge in [-0.15, -0.1) is 12.4 Å². The number of amides is 1. The SMILES string of the molecule is Cl.NC1(C(=O)NCC2(c3cccc(Cl)c3)CCOCC2)CCCC1. The molecule has 0 atom stereocenters. The predicted molar refractivity (Wildman–Crippen MR) is 98.8 cm³/mol. The van der Waals surface area contributed by atoms with E-state index in [4.69, 9.17) is 22.1 Å². The molecule has 3 rings (SSSR count). The van der Waals surface area contributed by atoms with Gasteiger partial charge < -0.3 is 15.8 Å². The van der Waals surface area contributed by atoms with E-state index in [0.717, 1.165) is 43.5 Å². The van der Waals surface area contributed by atoms with Crippen LogP contribution in [-0.2, 0) is 14.9 Å². The van der Waals surface area contributed by atoms with Crippen molar-refractivity contribution in [1.82, 2.24) is 5.32 Å². The molecule has 2 fully saturated rings. The van der Waals surface area contributed by atoms with E-state index in [2.05, 4.69) is 11.4 Å². The zero-order valence-electron chi connectivity index (χ0n) is 13.9. The molecule has 134 valence electrons. The van der Waals surface area contributed by atoms with Crippen molar-refractivity contribution >= 4 is 29.9 Å². The monoisotopic (exact) mass is 372 g/mol. The summed E-state index contributed by atoms with van der Waals surface area (Å²) in [6, 6.07) is 7.95. The number of hydrogen-bond acceptors (Lipinski definition) is 3. The number of hydrogen-bond donors (Lipinski definition) is 2. The third kappa shape index (κ3) is 4.05. The van der Waals surface area contributed by atoms with Crippen molar-refractivity contribution < 1.29 is 9.53 Å². The number of benzene rings is 1. The van der Waals surface area contributed by atoms with E-state index in [-0.39, 0.29) is 23.7 Å². The Kier molecular flexibility index (Phi) is 6.54. The van der Waals surface area contributed by atoms with Crippen molar-refractivity contribution in [3.05, 3.63) is 34.9 Å². The highest BCUT2D eigenvalue weighted by molar-refractivity contribution is 6.30. The maximum atomic E-state index is 12.6. The normalized spacial score (nSPS) is 21.8. The minimum atomic E-state index is -0.680. The summed E-state index contributed by atoms with van der Waals surface area (Å²) in [7, 11) is 0. The van der Waals surface area contributed by atoms with Crippen molar-refractivity contribution in [2.45, 2.75) is 49.5 Å². The van der Waals surface area contributed by atoms with E-state index in [1.165, 1.54) is 5.56 Å². The van der Waals surface area contributed by atoms with Crippen molar-refractivity contribution in [2.75, 3.05) is 19.8 Å². The number of rotatable bonds is 4. The van der Waals surface area contributed by atoms with Crippen LogP contribution >= 0.6 is 24.0 Å². The first-order valence-electron chi connectivity index (χ1n) is 8.45. The van der Waals surface area contributed by atoms with E-state index >= 15 is 0 Å². The Morgan fingerprint density at radius 2 is 1.88 bits per heavy atom. The molecule has 1 heterocycles. The molecule has 2 aliphatic rings. The highest BCUT2D eigenvalue weighted by Crippen LogP contribution is 2.36. The lowest BCUT2D eigenvalue weighted by Gasteiger charge is -2.39. The van der Waals surface area contributed by atoms with Gasteiger partial charge in [-0.05, 0) is 43.4 Å². The minimum absolute atomic E-state index is 0. The van der Waals surface area contributed by atoms with Crippen molar-refractivity contribution in [2.24, 2.45) is 5.73 Å². The summed E-state index contributed by atoms with van der Waals surface area (Å²) in [6.45, 7) is 2.00. The summed E-state index contributed by atoms with van der Waals surface area (Å²) < 4.78 is 5.53. The molecule has 1 amide bonds. The lowest BCUT2D eigenvalue weighted by molar-refractivity contribution is -0.126. The molecule has 0 spiro atoms. The topological polar surface area (TPSA) is 64.4 Å². The maximum absolute atomic E-state index is 12.6. The Morgan fingerprint density at radius 1 is 1.21 bits per heavy atom. The second-order valence-electron chi connectivity index (χ2n) is 6.95. The van der Waals surface area contributed by atoms with Gasteiger partial charge in [0.2, 0.25) is 5.91 Å². The third-order valence-corrected chi connectivity index (χ3v) is 5.66. The Morgan fingerprint density at radius 3 is 2.50 bits per heavy atom. The van der Waals surface area contributed by atoms with Gasteiger partial charge in [-0.1, -0.05) is 36.6 Å². The van der Waals surface area contributed by atoms with Crippen LogP contribution in [0.1, 0.15) is 44.1 Å². The van der Waals surface area contributed by atoms with Gasteiger partial charge >= 0.3 is 0 Å². The average Bonchev–Trinajstić information content (AvgIpc) is 3.01. The summed E-state index contributed by atoms with van der Waals surface area (Å²) in [5, 5.41) is 3.86. The first-order chi connectivity index (χ1) is 11.0. The molecule has 0 radical (unpaired) electrons. The van der Waals surface area contributed by atoms with E-state index in [0.29, 0.717) is 19.8 Å². The zero-order valence-corrected chi connectivity index (χ0v) is 15.4. The van der Waals surface area contributed by atoms with E-state index < -0.39 is 5.54 Å². The number of nitrogens with one attached hydrogen (secondary N) is 1. The smallest absolute Gasteiger partial charge is 0.240 e. The number of nitrogens with two attached hydrogens (primary N) is 1. The van der Waals surface area contributed by atoms with Crippen LogP contribution in [0.3, 0.4) is 0 Å². The Bertz CT molecular complexity index is 568. The van der Waals surface area contributed by atoms with Crippen molar-refractivity contribution in [3.63, 3.8) is 0 Å². The number of ether oxygens (including phenoxy) is 1. The Balaban J connectivity index is 0.00000208. The fourth-order valence-corrected chi connectivity index (χ4v) is 4.00. The summed E-state index contributed by atoms with van der Waals surface area (Å²) in [6.07, 6.45) is 5.41. The number of halogens is 2. The van der Waals surface area contributed by atoms with Gasteiger partial charge in [0, 0.05) is 30.2 Å². The van der Waals surface area contributed by atoms with Crippen LogP contribution in [-0.4, -0.2) is 31.2 Å². The van der Waals surface area contributed by atoms with Crippen LogP contribution in [0.5, 0.6) is 0 Å². The summed E-state index contributed by atoms with van der Waals surface area (Å²) in [5.74, 6) is -0.0112. The molecule has 1 aliphatic carbocycles. The molecule has 3 N–H and O–H groups in total. The van der Waals surface area contributed by atoms with Crippen LogP contribution in [0.4, 0.5) is 0 Å². The quantitative estimate of drug-likeness (QED) is 0.852. The Labute approximate surface area is 154 Å². The van der Waals surface area contributed by atoms with E-state index in [9.17, 15) is 4.79 Å². The zero-order chi connectivity index (χ0) is 16.3. The van der Waals surface area contributed by atoms with Crippen LogP contribution in [0, 0.1) is 0 Å². The van der Waals surface area contributed by atoms with Gasteiger partial charge in [-0.25, -0.2) is 0 Å². The van der Waals surface area contributed by atoms with Gasteiger partial charge in [0.15, 0.2) is 0 Å². The van der Waals surface area contributed by atoms with Gasteiger partial charge in [0.05, 0.1) is 5.54 Å². The summed E-state index contributed by atoms with van der Waals surface area (Å²) >= 11 is 6.18. The molecule has 1 aliphatic heterocycles. The molecule has 4 nitrogen and oxygen atoms in total. The van der Waals surface area contributed by atoms with Crippen LogP contribution < -0.4 is 11.1 Å². The molecule has 0 unspecified atom stereocenters. The lowest BCUT2D eigenvalue weighted by Crippen LogP contribution is -2.55. The third-order valence-electron chi connectivity index (χ3n) is 5.42. The molecule has 6 heteroatoms. The number of carbonyl (C=O) groups is 1. The van der Waals surface area contributed by atoms with Gasteiger partial charge in [0.1, 0.15) is 0 Å². The van der Waals surface area contributed by atoms with Crippen molar-refractivity contribution in [1.29, 1.82) is 0 Å². The second kappa shape index (κ2) is 8.05. The highest BCUT2D eigenvalue weighted by atomic mass is 35.5. The van der Waals surface area contributed by atoms with E-state index in [1.807, 2.05) is 18.2 Å². The second-order valence-corrected chi connectivity index (χ2v) is 7.39. The first-order valence-corrected chi connectivity index (χ1v) is 8.83. The predicted octanol–water partition coefficient (Wildman–Crippen LogP) is 3.20. The fourth-order valence-electron chi connectivity index (χ4n) is 3.81. The lowest BCUT2D eigenvalue weighted by atomic mass is 9.74. The molecular formula is C18H26Cl2N2O2. The molecule has 1 aromatic rings. The van der Waals surface area contributed by atoms with E-state index in [1.54, 1.807) is 0 Å². The van der Waals surface area contributed by atoms with Crippen LogP contribution in [0.25, 0.3) is 0 Å². The van der Waals surface area contributed by atoms with Crippen LogP contribution in [0.15, 0.2) is 24.3 Å². The first kappa shape index (κ1) is 19.5. The standard InChI is InChI=1S/C18H25ClN2O2.ClH/c19-15-5-3-4-14(12-15)17(8-10-23-11-9-17)13-21-16(22)18(20)6-1-2-7-18;/h3-5,12H,1-2,6-11,13,20H2,(H,21,22);1H. The molecule has 1 saturated heterocycles. The minimum Gasteiger partial charge on any atom is -0.381 e. The fraction of sp³-hybridized carbons (Fsp3) is 0.611. The highest BCUT2D eigenvalue weighted by Gasteiger charge is 2.40. The molecule has 24 heavy (non-hydrogen) atoms. The maximum Gasteiger partial charge on any atom is 0.240 e. The molecule has 1 aromatic carbocycles. The average molecular weight is 373 g/mol. The summed E-state index contributed by atoms with van der Waals surface area (Å²) in [5.41, 5.74) is 6.64. The molecular weight excluding hydrogens is 347 g/mol. The molecule has 0 bridgehead atoms. The van der Waals surface area contributed by atoms with Gasteiger partial charge in [-0.3, -0.25) is 4.79 Å². The molecule has 1 saturated carbocycles. The van der Waals surface area contributed by atoms with Crippen molar-refractivity contribution in [3.8, 4) is 0 Å². The van der Waals surface area contributed by atoms with Crippen LogP contribution in [0.2, 0.25) is 5.02 Å².